The van der Waals surface area contributed by atoms with Crippen LogP contribution in [0.3, 0.4) is 0 Å². The molecule has 0 aliphatic carbocycles. The van der Waals surface area contributed by atoms with Crippen molar-refractivity contribution in [2.45, 2.75) is 13.8 Å². The fraction of sp³-hybridized carbons (Fsp3) is 0.125. The number of fused-ring (bicyclic) bond motifs is 2. The number of rotatable bonds is 0. The SMILES string of the molecule is Cc1cccc2cc3cccc(C)c3cc12. The number of aryl methyl sites for hydroxylation is 2. The second-order valence-electron chi connectivity index (χ2n) is 4.44. The molecule has 0 bridgehead atoms. The van der Waals surface area contributed by atoms with Gasteiger partial charge in [-0.15, -0.1) is 0 Å². The Labute approximate surface area is 95.5 Å². The lowest BCUT2D eigenvalue weighted by Gasteiger charge is -2.06. The molecule has 0 N–H and O–H groups in total. The van der Waals surface area contributed by atoms with Crippen LogP contribution in [0.1, 0.15) is 11.1 Å². The standard InChI is InChI=1S/C16H14/c1-11-5-3-7-13-9-14-8-4-6-12(2)16(14)10-15(11)13/h3-10H,1-2H3. The molecule has 3 rings (SSSR count). The van der Waals surface area contributed by atoms with E-state index in [1.807, 2.05) is 0 Å². The summed E-state index contributed by atoms with van der Waals surface area (Å²) in [5.41, 5.74) is 2.70. The lowest BCUT2D eigenvalue weighted by molar-refractivity contribution is 1.51. The lowest BCUT2D eigenvalue weighted by Crippen LogP contribution is -1.82. The van der Waals surface area contributed by atoms with E-state index in [0.717, 1.165) is 0 Å². The molecule has 0 aliphatic heterocycles. The summed E-state index contributed by atoms with van der Waals surface area (Å²) in [7, 11) is 0. The van der Waals surface area contributed by atoms with E-state index >= 15 is 0 Å². The van der Waals surface area contributed by atoms with E-state index in [1.54, 1.807) is 0 Å². The van der Waals surface area contributed by atoms with Gasteiger partial charge in [0.25, 0.3) is 0 Å². The third-order valence-corrected chi connectivity index (χ3v) is 3.32. The highest BCUT2D eigenvalue weighted by molar-refractivity contribution is 6.00. The van der Waals surface area contributed by atoms with Gasteiger partial charge in [0.2, 0.25) is 0 Å². The van der Waals surface area contributed by atoms with Gasteiger partial charge in [0.15, 0.2) is 0 Å². The molecule has 3 aromatic carbocycles. The smallest absolute Gasteiger partial charge is 0.0148 e. The van der Waals surface area contributed by atoms with Gasteiger partial charge in [-0.2, -0.15) is 0 Å². The van der Waals surface area contributed by atoms with Gasteiger partial charge >= 0.3 is 0 Å². The molecule has 0 aliphatic rings. The Morgan fingerprint density at radius 1 is 0.625 bits per heavy atom. The van der Waals surface area contributed by atoms with Crippen molar-refractivity contribution in [1.29, 1.82) is 0 Å². The Balaban J connectivity index is 2.55. The first-order valence-electron chi connectivity index (χ1n) is 5.64. The summed E-state index contributed by atoms with van der Waals surface area (Å²) < 4.78 is 0. The molecular weight excluding hydrogens is 192 g/mol. The van der Waals surface area contributed by atoms with Crippen LogP contribution < -0.4 is 0 Å². The molecule has 0 heterocycles. The van der Waals surface area contributed by atoms with E-state index in [1.165, 1.54) is 32.7 Å². The molecule has 0 aromatic heterocycles. The predicted octanol–water partition coefficient (Wildman–Crippen LogP) is 4.61. The quantitative estimate of drug-likeness (QED) is 0.471. The largest absolute Gasteiger partial charge is 0.0614 e. The molecule has 3 aromatic rings. The minimum Gasteiger partial charge on any atom is -0.0614 e. The number of hydrogen-bond acceptors (Lipinski definition) is 0. The van der Waals surface area contributed by atoms with Crippen LogP contribution in [0.15, 0.2) is 48.5 Å². The summed E-state index contributed by atoms with van der Waals surface area (Å²) in [5, 5.41) is 5.39. The van der Waals surface area contributed by atoms with Crippen molar-refractivity contribution in [1.82, 2.24) is 0 Å². The summed E-state index contributed by atoms with van der Waals surface area (Å²) in [6, 6.07) is 17.6. The highest BCUT2D eigenvalue weighted by Crippen LogP contribution is 2.26. The second kappa shape index (κ2) is 3.34. The third-order valence-electron chi connectivity index (χ3n) is 3.32. The van der Waals surface area contributed by atoms with E-state index in [0.29, 0.717) is 0 Å². The van der Waals surface area contributed by atoms with Gasteiger partial charge in [-0.3, -0.25) is 0 Å². The van der Waals surface area contributed by atoms with Crippen molar-refractivity contribution in [3.8, 4) is 0 Å². The maximum Gasteiger partial charge on any atom is -0.0148 e. The molecule has 0 fully saturated rings. The average Bonchev–Trinajstić information content (AvgIpc) is 2.28. The Bertz CT molecular complexity index is 621. The van der Waals surface area contributed by atoms with Crippen molar-refractivity contribution in [3.63, 3.8) is 0 Å². The molecule has 0 radical (unpaired) electrons. The van der Waals surface area contributed by atoms with Gasteiger partial charge < -0.3 is 0 Å². The van der Waals surface area contributed by atoms with Gasteiger partial charge in [0.1, 0.15) is 0 Å². The summed E-state index contributed by atoms with van der Waals surface area (Å²) >= 11 is 0. The number of benzene rings is 3. The molecular formula is C16H14. The van der Waals surface area contributed by atoms with Crippen molar-refractivity contribution < 1.29 is 0 Å². The monoisotopic (exact) mass is 206 g/mol. The molecule has 0 spiro atoms. The fourth-order valence-corrected chi connectivity index (χ4v) is 2.36. The van der Waals surface area contributed by atoms with Crippen LogP contribution in [0, 0.1) is 13.8 Å². The zero-order valence-corrected chi connectivity index (χ0v) is 9.62. The van der Waals surface area contributed by atoms with Crippen LogP contribution in [-0.2, 0) is 0 Å². The summed E-state index contributed by atoms with van der Waals surface area (Å²) in [6.45, 7) is 4.35. The normalized spacial score (nSPS) is 11.1. The Morgan fingerprint density at radius 2 is 1.12 bits per heavy atom. The van der Waals surface area contributed by atoms with Crippen LogP contribution in [0.4, 0.5) is 0 Å². The molecule has 0 saturated carbocycles. The Kier molecular flexibility index (Phi) is 1.97. The molecule has 0 unspecified atom stereocenters. The van der Waals surface area contributed by atoms with Gasteiger partial charge in [-0.05, 0) is 58.7 Å². The van der Waals surface area contributed by atoms with E-state index in [2.05, 4.69) is 62.4 Å². The van der Waals surface area contributed by atoms with Crippen LogP contribution in [-0.4, -0.2) is 0 Å². The molecule has 78 valence electrons. The second-order valence-corrected chi connectivity index (χ2v) is 4.44. The highest BCUT2D eigenvalue weighted by Gasteiger charge is 2.01. The summed E-state index contributed by atoms with van der Waals surface area (Å²) in [5.74, 6) is 0. The van der Waals surface area contributed by atoms with Crippen LogP contribution in [0.2, 0.25) is 0 Å². The first-order valence-corrected chi connectivity index (χ1v) is 5.64. The maximum absolute atomic E-state index is 2.31. The molecule has 0 atom stereocenters. The van der Waals surface area contributed by atoms with Crippen LogP contribution in [0.5, 0.6) is 0 Å². The Morgan fingerprint density at radius 3 is 1.62 bits per heavy atom. The van der Waals surface area contributed by atoms with E-state index < -0.39 is 0 Å². The minimum absolute atomic E-state index is 1.33. The molecule has 16 heavy (non-hydrogen) atoms. The zero-order valence-electron chi connectivity index (χ0n) is 9.62. The average molecular weight is 206 g/mol. The summed E-state index contributed by atoms with van der Waals surface area (Å²) in [4.78, 5) is 0. The van der Waals surface area contributed by atoms with Crippen molar-refractivity contribution in [3.05, 3.63) is 59.7 Å². The molecule has 0 nitrogen and oxygen atoms in total. The van der Waals surface area contributed by atoms with Crippen molar-refractivity contribution in [2.75, 3.05) is 0 Å². The molecule has 0 saturated heterocycles. The van der Waals surface area contributed by atoms with Crippen LogP contribution >= 0.6 is 0 Å². The third kappa shape index (κ3) is 1.30. The van der Waals surface area contributed by atoms with Gasteiger partial charge in [0.05, 0.1) is 0 Å². The highest BCUT2D eigenvalue weighted by atomic mass is 14.1. The Hall–Kier alpha value is -1.82. The molecule has 0 amide bonds. The molecule has 0 heteroatoms. The lowest BCUT2D eigenvalue weighted by atomic mass is 9.98. The van der Waals surface area contributed by atoms with Crippen molar-refractivity contribution in [2.24, 2.45) is 0 Å². The zero-order chi connectivity index (χ0) is 11.1. The topological polar surface area (TPSA) is 0 Å². The van der Waals surface area contributed by atoms with Gasteiger partial charge in [-0.1, -0.05) is 36.4 Å². The maximum atomic E-state index is 2.31. The first-order chi connectivity index (χ1) is 7.75. The summed E-state index contributed by atoms with van der Waals surface area (Å²) in [6.07, 6.45) is 0. The predicted molar refractivity (Wildman–Crippen MR) is 70.9 cm³/mol. The fourth-order valence-electron chi connectivity index (χ4n) is 2.36. The van der Waals surface area contributed by atoms with Gasteiger partial charge in [-0.25, -0.2) is 0 Å². The first kappa shape index (κ1) is 9.41. The van der Waals surface area contributed by atoms with Crippen LogP contribution in [0.25, 0.3) is 21.5 Å². The van der Waals surface area contributed by atoms with Crippen molar-refractivity contribution >= 4 is 21.5 Å². The minimum atomic E-state index is 1.33. The van der Waals surface area contributed by atoms with E-state index in [-0.39, 0.29) is 0 Å². The number of hydrogen-bond donors (Lipinski definition) is 0. The van der Waals surface area contributed by atoms with Gasteiger partial charge in [0, 0.05) is 0 Å². The van der Waals surface area contributed by atoms with E-state index in [9.17, 15) is 0 Å². The van der Waals surface area contributed by atoms with E-state index in [4.69, 9.17) is 0 Å².